The molecule has 1 aromatic rings. The highest BCUT2D eigenvalue weighted by Gasteiger charge is 2.36. The Balaban J connectivity index is 2.35. The summed E-state index contributed by atoms with van der Waals surface area (Å²) < 4.78 is 13.5. The van der Waals surface area contributed by atoms with Gasteiger partial charge >= 0.3 is 0 Å². The van der Waals surface area contributed by atoms with E-state index in [-0.39, 0.29) is 5.82 Å². The van der Waals surface area contributed by atoms with Crippen molar-refractivity contribution in [3.8, 4) is 0 Å². The van der Waals surface area contributed by atoms with Crippen LogP contribution in [0.15, 0.2) is 24.3 Å². The minimum Gasteiger partial charge on any atom is -0.321 e. The second-order valence-electron chi connectivity index (χ2n) is 4.48. The Hall–Kier alpha value is -0.890. The zero-order valence-electron chi connectivity index (χ0n) is 8.46. The van der Waals surface area contributed by atoms with Crippen LogP contribution in [-0.4, -0.2) is 0 Å². The van der Waals surface area contributed by atoms with E-state index in [4.69, 9.17) is 5.73 Å². The second-order valence-corrected chi connectivity index (χ2v) is 4.48. The fourth-order valence-corrected chi connectivity index (χ4v) is 2.44. The highest BCUT2D eigenvalue weighted by Crippen LogP contribution is 2.40. The molecule has 0 bridgehead atoms. The van der Waals surface area contributed by atoms with Crippen LogP contribution in [-0.2, 0) is 5.54 Å². The molecule has 1 aliphatic rings. The van der Waals surface area contributed by atoms with Crippen LogP contribution in [0, 0.1) is 11.7 Å². The van der Waals surface area contributed by atoms with Gasteiger partial charge in [-0.2, -0.15) is 0 Å². The van der Waals surface area contributed by atoms with Gasteiger partial charge in [0.1, 0.15) is 5.82 Å². The van der Waals surface area contributed by atoms with Crippen molar-refractivity contribution >= 4 is 0 Å². The second kappa shape index (κ2) is 3.35. The fraction of sp³-hybridized carbons (Fsp3) is 0.500. The Labute approximate surface area is 84.1 Å². The summed E-state index contributed by atoms with van der Waals surface area (Å²) in [5, 5.41) is 0. The first-order chi connectivity index (χ1) is 6.62. The highest BCUT2D eigenvalue weighted by atomic mass is 19.1. The molecule has 0 aliphatic heterocycles. The lowest BCUT2D eigenvalue weighted by atomic mass is 9.88. The molecule has 0 spiro atoms. The van der Waals surface area contributed by atoms with E-state index in [9.17, 15) is 4.39 Å². The minimum atomic E-state index is -0.426. The molecule has 0 heterocycles. The zero-order chi connectivity index (χ0) is 10.2. The molecule has 2 heteroatoms. The summed E-state index contributed by atoms with van der Waals surface area (Å²) >= 11 is 0. The van der Waals surface area contributed by atoms with Gasteiger partial charge in [0.2, 0.25) is 0 Å². The van der Waals surface area contributed by atoms with Gasteiger partial charge in [0.25, 0.3) is 0 Å². The lowest BCUT2D eigenvalue weighted by Gasteiger charge is -2.25. The fourth-order valence-electron chi connectivity index (χ4n) is 2.44. The maximum atomic E-state index is 13.5. The SMILES string of the molecule is CC1CCC(N)(c2ccccc2F)C1. The monoisotopic (exact) mass is 193 g/mol. The molecule has 1 aliphatic carbocycles. The van der Waals surface area contributed by atoms with Crippen molar-refractivity contribution in [2.45, 2.75) is 31.7 Å². The maximum Gasteiger partial charge on any atom is 0.128 e. The first-order valence-corrected chi connectivity index (χ1v) is 5.16. The number of halogens is 1. The number of benzene rings is 1. The van der Waals surface area contributed by atoms with E-state index in [2.05, 4.69) is 6.92 Å². The number of hydrogen-bond acceptors (Lipinski definition) is 1. The van der Waals surface area contributed by atoms with Crippen LogP contribution in [0.4, 0.5) is 4.39 Å². The van der Waals surface area contributed by atoms with E-state index in [1.807, 2.05) is 12.1 Å². The molecule has 1 fully saturated rings. The van der Waals surface area contributed by atoms with Crippen LogP contribution < -0.4 is 5.73 Å². The van der Waals surface area contributed by atoms with E-state index in [1.165, 1.54) is 6.07 Å². The van der Waals surface area contributed by atoms with Gasteiger partial charge in [-0.3, -0.25) is 0 Å². The van der Waals surface area contributed by atoms with Crippen molar-refractivity contribution in [2.75, 3.05) is 0 Å². The molecule has 2 unspecified atom stereocenters. The molecule has 0 aromatic heterocycles. The molecule has 2 atom stereocenters. The van der Waals surface area contributed by atoms with E-state index >= 15 is 0 Å². The first-order valence-electron chi connectivity index (χ1n) is 5.16. The number of hydrogen-bond donors (Lipinski definition) is 1. The Kier molecular flexibility index (Phi) is 2.31. The molecule has 0 saturated heterocycles. The predicted octanol–water partition coefficient (Wildman–Crippen LogP) is 2.80. The molecule has 14 heavy (non-hydrogen) atoms. The molecule has 2 N–H and O–H groups in total. The van der Waals surface area contributed by atoms with Crippen molar-refractivity contribution in [2.24, 2.45) is 11.7 Å². The normalized spacial score (nSPS) is 32.1. The average molecular weight is 193 g/mol. The molecule has 1 aromatic carbocycles. The number of rotatable bonds is 1. The van der Waals surface area contributed by atoms with Gasteiger partial charge in [-0.15, -0.1) is 0 Å². The standard InChI is InChI=1S/C12H16FN/c1-9-6-7-12(14,8-9)10-4-2-3-5-11(10)13/h2-5,9H,6-8,14H2,1H3. The first kappa shape index (κ1) is 9.66. The summed E-state index contributed by atoms with van der Waals surface area (Å²) in [6, 6.07) is 6.87. The molecule has 2 rings (SSSR count). The summed E-state index contributed by atoms with van der Waals surface area (Å²) in [6.45, 7) is 2.18. The predicted molar refractivity (Wildman–Crippen MR) is 55.3 cm³/mol. The topological polar surface area (TPSA) is 26.0 Å². The van der Waals surface area contributed by atoms with Gasteiger partial charge in [0.05, 0.1) is 0 Å². The Morgan fingerprint density at radius 1 is 1.43 bits per heavy atom. The molecule has 0 amide bonds. The molecule has 1 saturated carbocycles. The molecular weight excluding hydrogens is 177 g/mol. The van der Waals surface area contributed by atoms with Crippen LogP contribution in [0.25, 0.3) is 0 Å². The molecule has 1 nitrogen and oxygen atoms in total. The summed E-state index contributed by atoms with van der Waals surface area (Å²) in [7, 11) is 0. The van der Waals surface area contributed by atoms with Gasteiger partial charge in [-0.05, 0) is 31.2 Å². The summed E-state index contributed by atoms with van der Waals surface area (Å²) in [5.74, 6) is 0.448. The Morgan fingerprint density at radius 3 is 2.71 bits per heavy atom. The zero-order valence-corrected chi connectivity index (χ0v) is 8.46. The lowest BCUT2D eigenvalue weighted by molar-refractivity contribution is 0.417. The lowest BCUT2D eigenvalue weighted by Crippen LogP contribution is -2.34. The van der Waals surface area contributed by atoms with Crippen LogP contribution in [0.5, 0.6) is 0 Å². The summed E-state index contributed by atoms with van der Waals surface area (Å²) in [4.78, 5) is 0. The largest absolute Gasteiger partial charge is 0.321 e. The Morgan fingerprint density at radius 2 is 2.14 bits per heavy atom. The van der Waals surface area contributed by atoms with Gasteiger partial charge in [0, 0.05) is 11.1 Å². The van der Waals surface area contributed by atoms with Crippen LogP contribution in [0.1, 0.15) is 31.7 Å². The van der Waals surface area contributed by atoms with Crippen molar-refractivity contribution in [1.82, 2.24) is 0 Å². The van der Waals surface area contributed by atoms with Gasteiger partial charge in [-0.25, -0.2) is 4.39 Å². The van der Waals surface area contributed by atoms with Crippen molar-refractivity contribution in [3.63, 3.8) is 0 Å². The van der Waals surface area contributed by atoms with Crippen LogP contribution in [0.2, 0.25) is 0 Å². The van der Waals surface area contributed by atoms with E-state index in [0.717, 1.165) is 19.3 Å². The van der Waals surface area contributed by atoms with Gasteiger partial charge in [0.15, 0.2) is 0 Å². The van der Waals surface area contributed by atoms with Gasteiger partial charge in [-0.1, -0.05) is 25.1 Å². The van der Waals surface area contributed by atoms with Crippen molar-refractivity contribution in [1.29, 1.82) is 0 Å². The minimum absolute atomic E-state index is 0.163. The molecular formula is C12H16FN. The Bertz CT molecular complexity index is 337. The van der Waals surface area contributed by atoms with E-state index in [0.29, 0.717) is 11.5 Å². The third-order valence-corrected chi connectivity index (χ3v) is 3.21. The summed E-state index contributed by atoms with van der Waals surface area (Å²) in [6.07, 6.45) is 2.90. The highest BCUT2D eigenvalue weighted by molar-refractivity contribution is 5.27. The third-order valence-electron chi connectivity index (χ3n) is 3.21. The smallest absolute Gasteiger partial charge is 0.128 e. The van der Waals surface area contributed by atoms with Crippen molar-refractivity contribution in [3.05, 3.63) is 35.6 Å². The average Bonchev–Trinajstić information content (AvgIpc) is 2.48. The quantitative estimate of drug-likeness (QED) is 0.729. The van der Waals surface area contributed by atoms with E-state index < -0.39 is 5.54 Å². The third kappa shape index (κ3) is 1.55. The maximum absolute atomic E-state index is 13.5. The van der Waals surface area contributed by atoms with Crippen LogP contribution >= 0.6 is 0 Å². The summed E-state index contributed by atoms with van der Waals surface area (Å²) in [5.41, 5.74) is 6.49. The van der Waals surface area contributed by atoms with E-state index in [1.54, 1.807) is 6.07 Å². The van der Waals surface area contributed by atoms with Crippen molar-refractivity contribution < 1.29 is 4.39 Å². The molecule has 76 valence electrons. The van der Waals surface area contributed by atoms with Crippen LogP contribution in [0.3, 0.4) is 0 Å². The number of nitrogens with two attached hydrogens (primary N) is 1. The molecule has 0 radical (unpaired) electrons. The van der Waals surface area contributed by atoms with Gasteiger partial charge < -0.3 is 5.73 Å².